The molecule has 1 aliphatic heterocycles. The molecule has 4 heteroatoms. The number of H-pyrrole nitrogens is 2. The van der Waals surface area contributed by atoms with Gasteiger partial charge in [-0.15, -0.1) is 0 Å². The third-order valence-electron chi connectivity index (χ3n) is 5.13. The molecule has 0 spiro atoms. The number of para-hydroxylation sites is 2. The van der Waals surface area contributed by atoms with E-state index in [2.05, 4.69) is 81.5 Å². The number of rotatable bonds is 2. The molecule has 2 aromatic heterocycles. The Morgan fingerprint density at radius 3 is 1.54 bits per heavy atom. The van der Waals surface area contributed by atoms with Gasteiger partial charge < -0.3 is 20.6 Å². The van der Waals surface area contributed by atoms with Crippen molar-refractivity contribution >= 4 is 21.8 Å². The van der Waals surface area contributed by atoms with E-state index >= 15 is 0 Å². The molecule has 0 aliphatic carbocycles. The van der Waals surface area contributed by atoms with E-state index in [-0.39, 0.29) is 0 Å². The monoisotopic (exact) mass is 316 g/mol. The van der Waals surface area contributed by atoms with Crippen molar-refractivity contribution in [1.82, 2.24) is 20.6 Å². The lowest BCUT2D eigenvalue weighted by molar-refractivity contribution is 0.359. The SMILES string of the molecule is c1ccc2c([C@@H]3CN[C@@H](c4c[nH]c5ccccc45)CN3)c[nH]c2c1. The lowest BCUT2D eigenvalue weighted by Crippen LogP contribution is -2.44. The molecule has 1 saturated heterocycles. The van der Waals surface area contributed by atoms with E-state index in [1.54, 1.807) is 0 Å². The van der Waals surface area contributed by atoms with E-state index < -0.39 is 0 Å². The summed E-state index contributed by atoms with van der Waals surface area (Å²) in [5.74, 6) is 0. The molecular formula is C20H20N4. The molecule has 4 nitrogen and oxygen atoms in total. The first-order chi connectivity index (χ1) is 11.9. The third kappa shape index (κ3) is 2.15. The summed E-state index contributed by atoms with van der Waals surface area (Å²) >= 11 is 0. The van der Waals surface area contributed by atoms with Gasteiger partial charge in [0.15, 0.2) is 0 Å². The lowest BCUT2D eigenvalue weighted by Gasteiger charge is -2.31. The minimum absolute atomic E-state index is 0.336. The number of aromatic amines is 2. The molecule has 3 heterocycles. The molecule has 0 unspecified atom stereocenters. The van der Waals surface area contributed by atoms with Gasteiger partial charge in [0.25, 0.3) is 0 Å². The summed E-state index contributed by atoms with van der Waals surface area (Å²) in [5.41, 5.74) is 5.09. The summed E-state index contributed by atoms with van der Waals surface area (Å²) in [6.07, 6.45) is 4.27. The number of hydrogen-bond donors (Lipinski definition) is 4. The zero-order chi connectivity index (χ0) is 15.9. The predicted molar refractivity (Wildman–Crippen MR) is 98.1 cm³/mol. The largest absolute Gasteiger partial charge is 0.361 e. The molecule has 120 valence electrons. The highest BCUT2D eigenvalue weighted by Crippen LogP contribution is 2.29. The van der Waals surface area contributed by atoms with Crippen LogP contribution < -0.4 is 10.6 Å². The minimum atomic E-state index is 0.336. The molecule has 5 rings (SSSR count). The standard InChI is InChI=1S/C20H20N4/c1-3-7-17-13(5-1)15(9-21-17)19-11-24-20(12-23-19)16-10-22-18-8-4-2-6-14(16)18/h1-10,19-24H,11-12H2/t19-,20+. The van der Waals surface area contributed by atoms with Gasteiger partial charge in [-0.3, -0.25) is 0 Å². The van der Waals surface area contributed by atoms with E-state index in [0.29, 0.717) is 12.1 Å². The fraction of sp³-hybridized carbons (Fsp3) is 0.200. The van der Waals surface area contributed by atoms with E-state index in [9.17, 15) is 0 Å². The molecule has 0 saturated carbocycles. The number of piperazine rings is 1. The van der Waals surface area contributed by atoms with Crippen molar-refractivity contribution in [3.8, 4) is 0 Å². The Morgan fingerprint density at radius 1 is 0.625 bits per heavy atom. The minimum Gasteiger partial charge on any atom is -0.361 e. The van der Waals surface area contributed by atoms with Crippen molar-refractivity contribution in [2.45, 2.75) is 12.1 Å². The van der Waals surface area contributed by atoms with Crippen LogP contribution in [0.5, 0.6) is 0 Å². The van der Waals surface area contributed by atoms with Crippen LogP contribution in [-0.2, 0) is 0 Å². The van der Waals surface area contributed by atoms with Crippen LogP contribution in [0.2, 0.25) is 0 Å². The molecule has 24 heavy (non-hydrogen) atoms. The molecule has 1 aliphatic rings. The summed E-state index contributed by atoms with van der Waals surface area (Å²) in [6.45, 7) is 1.85. The van der Waals surface area contributed by atoms with Crippen molar-refractivity contribution in [1.29, 1.82) is 0 Å². The molecule has 0 bridgehead atoms. The lowest BCUT2D eigenvalue weighted by atomic mass is 9.99. The second kappa shape index (κ2) is 5.51. The second-order valence-electron chi connectivity index (χ2n) is 6.50. The molecule has 1 fully saturated rings. The highest BCUT2D eigenvalue weighted by molar-refractivity contribution is 5.84. The first kappa shape index (κ1) is 13.8. The summed E-state index contributed by atoms with van der Waals surface area (Å²) in [5, 5.41) is 10.1. The molecule has 2 aromatic carbocycles. The second-order valence-corrected chi connectivity index (χ2v) is 6.50. The van der Waals surface area contributed by atoms with E-state index in [4.69, 9.17) is 0 Å². The van der Waals surface area contributed by atoms with Crippen LogP contribution in [0.4, 0.5) is 0 Å². The van der Waals surface area contributed by atoms with Crippen molar-refractivity contribution in [2.75, 3.05) is 13.1 Å². The van der Waals surface area contributed by atoms with Gasteiger partial charge in [0, 0.05) is 59.4 Å². The summed E-state index contributed by atoms with van der Waals surface area (Å²) < 4.78 is 0. The van der Waals surface area contributed by atoms with Gasteiger partial charge in [-0.1, -0.05) is 36.4 Å². The Morgan fingerprint density at radius 2 is 1.08 bits per heavy atom. The molecule has 4 N–H and O–H groups in total. The van der Waals surface area contributed by atoms with Crippen LogP contribution in [0.1, 0.15) is 23.2 Å². The topological polar surface area (TPSA) is 55.6 Å². The fourth-order valence-corrected chi connectivity index (χ4v) is 3.87. The van der Waals surface area contributed by atoms with E-state index in [1.807, 2.05) is 0 Å². The Kier molecular flexibility index (Phi) is 3.18. The molecule has 2 atom stereocenters. The Hall–Kier alpha value is -2.56. The van der Waals surface area contributed by atoms with E-state index in [0.717, 1.165) is 13.1 Å². The quantitative estimate of drug-likeness (QED) is 0.456. The normalized spacial score (nSPS) is 21.5. The van der Waals surface area contributed by atoms with Gasteiger partial charge in [0.2, 0.25) is 0 Å². The fourth-order valence-electron chi connectivity index (χ4n) is 3.87. The Bertz CT molecular complexity index is 907. The molecule has 4 aromatic rings. The van der Waals surface area contributed by atoms with Gasteiger partial charge in [-0.2, -0.15) is 0 Å². The third-order valence-corrected chi connectivity index (χ3v) is 5.13. The van der Waals surface area contributed by atoms with Crippen molar-refractivity contribution in [3.63, 3.8) is 0 Å². The zero-order valence-corrected chi connectivity index (χ0v) is 13.3. The smallest absolute Gasteiger partial charge is 0.0468 e. The molecular weight excluding hydrogens is 296 g/mol. The predicted octanol–water partition coefficient (Wildman–Crippen LogP) is 3.62. The Balaban J connectivity index is 1.39. The first-order valence-corrected chi connectivity index (χ1v) is 8.49. The van der Waals surface area contributed by atoms with Crippen LogP contribution in [0.15, 0.2) is 60.9 Å². The van der Waals surface area contributed by atoms with Gasteiger partial charge in [-0.05, 0) is 23.3 Å². The maximum absolute atomic E-state index is 3.72. The van der Waals surface area contributed by atoms with Gasteiger partial charge >= 0.3 is 0 Å². The van der Waals surface area contributed by atoms with Gasteiger partial charge in [-0.25, -0.2) is 0 Å². The number of benzene rings is 2. The number of nitrogens with one attached hydrogen (secondary N) is 4. The average molecular weight is 316 g/mol. The average Bonchev–Trinajstić information content (AvgIpc) is 3.26. The maximum Gasteiger partial charge on any atom is 0.0468 e. The highest BCUT2D eigenvalue weighted by Gasteiger charge is 2.25. The maximum atomic E-state index is 3.72. The highest BCUT2D eigenvalue weighted by atomic mass is 15.1. The van der Waals surface area contributed by atoms with E-state index in [1.165, 1.54) is 32.9 Å². The number of aromatic nitrogens is 2. The van der Waals surface area contributed by atoms with Crippen molar-refractivity contribution in [3.05, 3.63) is 72.1 Å². The van der Waals surface area contributed by atoms with Crippen LogP contribution >= 0.6 is 0 Å². The first-order valence-electron chi connectivity index (χ1n) is 8.49. The summed E-state index contributed by atoms with van der Waals surface area (Å²) in [6, 6.07) is 17.7. The van der Waals surface area contributed by atoms with Crippen molar-refractivity contribution < 1.29 is 0 Å². The van der Waals surface area contributed by atoms with Crippen LogP contribution in [0, 0.1) is 0 Å². The van der Waals surface area contributed by atoms with Crippen LogP contribution in [-0.4, -0.2) is 23.1 Å². The number of fused-ring (bicyclic) bond motifs is 2. The van der Waals surface area contributed by atoms with Crippen LogP contribution in [0.3, 0.4) is 0 Å². The summed E-state index contributed by atoms with van der Waals surface area (Å²) in [7, 11) is 0. The molecule has 0 radical (unpaired) electrons. The van der Waals surface area contributed by atoms with Crippen molar-refractivity contribution in [2.24, 2.45) is 0 Å². The van der Waals surface area contributed by atoms with Gasteiger partial charge in [0.05, 0.1) is 0 Å². The van der Waals surface area contributed by atoms with Gasteiger partial charge in [0.1, 0.15) is 0 Å². The van der Waals surface area contributed by atoms with Crippen LogP contribution in [0.25, 0.3) is 21.8 Å². The molecule has 0 amide bonds. The zero-order valence-electron chi connectivity index (χ0n) is 13.3. The summed E-state index contributed by atoms with van der Waals surface area (Å²) in [4.78, 5) is 6.75. The number of hydrogen-bond acceptors (Lipinski definition) is 2. The Labute approximate surface area is 140 Å².